The van der Waals surface area contributed by atoms with Crippen LogP contribution in [-0.2, 0) is 20.9 Å². The fraction of sp³-hybridized carbons (Fsp3) is 0.364. The Morgan fingerprint density at radius 1 is 0.946 bits per heavy atom. The van der Waals surface area contributed by atoms with Crippen molar-refractivity contribution in [2.24, 2.45) is 0 Å². The number of carboxylic acid groups (broad SMARTS) is 2. The van der Waals surface area contributed by atoms with Crippen LogP contribution in [0, 0.1) is 5.82 Å². The Bertz CT molecular complexity index is 1050. The number of alkyl halides is 6. The average molecular weight is 539 g/mol. The van der Waals surface area contributed by atoms with Crippen LogP contribution in [0.3, 0.4) is 0 Å². The number of likely N-dealkylation sites (tertiary alicyclic amines) is 1. The zero-order chi connectivity index (χ0) is 28.0. The van der Waals surface area contributed by atoms with Crippen molar-refractivity contribution in [2.75, 3.05) is 11.4 Å². The number of carboxylic acids is 2. The molecule has 0 radical (unpaired) electrons. The predicted octanol–water partition coefficient (Wildman–Crippen LogP) is 3.87. The third-order valence-corrected chi connectivity index (χ3v) is 5.32. The second-order valence-corrected chi connectivity index (χ2v) is 7.81. The lowest BCUT2D eigenvalue weighted by molar-refractivity contribution is -0.193. The summed E-state index contributed by atoms with van der Waals surface area (Å²) in [6.45, 7) is 1.71. The maximum Gasteiger partial charge on any atom is 0.490 e. The Hall–Kier alpha value is -3.75. The standard InChI is InChI=1S/C18H18FN3O.2C2HF3O2/c19-14-5-3-13(4-6-14)12-21-9-7-16-17(21)10-18(23)22(16)15-2-1-8-20-11-15;2*3-2(4,5)1(6)7/h1-6,8,11,16-17H,7,9-10,12H2;2*(H,6,7)/t16-,17+;;/m0../s1. The highest BCUT2D eigenvalue weighted by Crippen LogP contribution is 2.36. The van der Waals surface area contributed by atoms with E-state index in [0.29, 0.717) is 6.42 Å². The first-order chi connectivity index (χ1) is 17.1. The fourth-order valence-corrected chi connectivity index (χ4v) is 3.78. The minimum absolute atomic E-state index is 0.164. The minimum atomic E-state index is -5.08. The van der Waals surface area contributed by atoms with Crippen molar-refractivity contribution in [3.63, 3.8) is 0 Å². The molecule has 0 saturated carbocycles. The molecule has 202 valence electrons. The Morgan fingerprint density at radius 2 is 1.49 bits per heavy atom. The molecule has 1 amide bonds. The molecule has 15 heteroatoms. The van der Waals surface area contributed by atoms with Crippen molar-refractivity contribution in [1.29, 1.82) is 0 Å². The van der Waals surface area contributed by atoms with Gasteiger partial charge in [0.15, 0.2) is 0 Å². The topological polar surface area (TPSA) is 111 Å². The van der Waals surface area contributed by atoms with E-state index in [1.807, 2.05) is 29.2 Å². The number of hydrogen-bond donors (Lipinski definition) is 2. The summed E-state index contributed by atoms with van der Waals surface area (Å²) in [5.41, 5.74) is 1.97. The molecular weight excluding hydrogens is 519 g/mol. The summed E-state index contributed by atoms with van der Waals surface area (Å²) in [5.74, 6) is -5.57. The quantitative estimate of drug-likeness (QED) is 0.570. The summed E-state index contributed by atoms with van der Waals surface area (Å²) < 4.78 is 76.5. The van der Waals surface area contributed by atoms with Crippen LogP contribution in [0.25, 0.3) is 0 Å². The van der Waals surface area contributed by atoms with E-state index in [-0.39, 0.29) is 23.8 Å². The summed E-state index contributed by atoms with van der Waals surface area (Å²) in [6, 6.07) is 10.9. The molecule has 2 N–H and O–H groups in total. The van der Waals surface area contributed by atoms with Crippen LogP contribution in [0.4, 0.5) is 36.4 Å². The Morgan fingerprint density at radius 3 is 1.95 bits per heavy atom. The number of rotatable bonds is 3. The third-order valence-electron chi connectivity index (χ3n) is 5.32. The molecule has 3 heterocycles. The smallest absolute Gasteiger partial charge is 0.475 e. The summed E-state index contributed by atoms with van der Waals surface area (Å²) in [4.78, 5) is 38.6. The third kappa shape index (κ3) is 8.41. The second kappa shape index (κ2) is 12.0. The second-order valence-electron chi connectivity index (χ2n) is 7.81. The summed E-state index contributed by atoms with van der Waals surface area (Å²) in [7, 11) is 0. The van der Waals surface area contributed by atoms with E-state index in [1.54, 1.807) is 12.4 Å². The van der Waals surface area contributed by atoms with E-state index in [4.69, 9.17) is 19.8 Å². The van der Waals surface area contributed by atoms with Crippen molar-refractivity contribution >= 4 is 23.5 Å². The fourth-order valence-electron chi connectivity index (χ4n) is 3.78. The first-order valence-electron chi connectivity index (χ1n) is 10.4. The summed E-state index contributed by atoms with van der Waals surface area (Å²) in [5, 5.41) is 14.2. The maximum atomic E-state index is 13.0. The highest BCUT2D eigenvalue weighted by atomic mass is 19.4. The van der Waals surface area contributed by atoms with Gasteiger partial charge in [0.2, 0.25) is 5.91 Å². The van der Waals surface area contributed by atoms with Crippen LogP contribution in [-0.4, -0.2) is 68.9 Å². The molecule has 4 rings (SSSR count). The number of benzene rings is 1. The molecule has 8 nitrogen and oxygen atoms in total. The molecule has 1 aromatic heterocycles. The minimum Gasteiger partial charge on any atom is -0.475 e. The molecule has 2 aromatic rings. The molecule has 2 aliphatic heterocycles. The van der Waals surface area contributed by atoms with Gasteiger partial charge in [-0.2, -0.15) is 26.3 Å². The van der Waals surface area contributed by atoms with Crippen LogP contribution < -0.4 is 4.90 Å². The van der Waals surface area contributed by atoms with Crippen LogP contribution in [0.5, 0.6) is 0 Å². The molecule has 37 heavy (non-hydrogen) atoms. The number of carbonyl (C=O) groups is 3. The number of pyridine rings is 1. The van der Waals surface area contributed by atoms with Crippen molar-refractivity contribution in [2.45, 2.75) is 43.8 Å². The molecule has 2 aliphatic rings. The SMILES string of the molecule is O=C(O)C(F)(F)F.O=C(O)C(F)(F)F.O=C1C[C@@H]2[C@H](CCN2Cc2ccc(F)cc2)N1c1cccnc1. The monoisotopic (exact) mass is 539 g/mol. The molecule has 0 spiro atoms. The van der Waals surface area contributed by atoms with Crippen LogP contribution in [0.15, 0.2) is 48.8 Å². The van der Waals surface area contributed by atoms with Gasteiger partial charge in [-0.1, -0.05) is 12.1 Å². The van der Waals surface area contributed by atoms with Gasteiger partial charge in [-0.05, 0) is 36.2 Å². The highest BCUT2D eigenvalue weighted by molar-refractivity contribution is 5.97. The van der Waals surface area contributed by atoms with Crippen molar-refractivity contribution < 1.29 is 55.3 Å². The Labute approximate surface area is 204 Å². The van der Waals surface area contributed by atoms with Gasteiger partial charge in [-0.3, -0.25) is 14.7 Å². The first-order valence-corrected chi connectivity index (χ1v) is 10.4. The lowest BCUT2D eigenvalue weighted by Gasteiger charge is -2.25. The number of nitrogens with zero attached hydrogens (tertiary/aromatic N) is 3. The molecule has 2 atom stereocenters. The Balaban J connectivity index is 0.000000286. The number of carbonyl (C=O) groups excluding carboxylic acids is 1. The van der Waals surface area contributed by atoms with Crippen molar-refractivity contribution in [1.82, 2.24) is 9.88 Å². The number of fused-ring (bicyclic) bond motifs is 1. The predicted molar refractivity (Wildman–Crippen MR) is 113 cm³/mol. The molecule has 0 unspecified atom stereocenters. The molecule has 0 bridgehead atoms. The Kier molecular flexibility index (Phi) is 9.55. The number of halogens is 7. The van der Waals surface area contributed by atoms with Gasteiger partial charge in [-0.15, -0.1) is 0 Å². The number of aromatic nitrogens is 1. The van der Waals surface area contributed by atoms with Crippen molar-refractivity contribution in [3.8, 4) is 0 Å². The number of anilines is 1. The molecule has 0 aliphatic carbocycles. The summed E-state index contributed by atoms with van der Waals surface area (Å²) in [6.07, 6.45) is -5.19. The van der Waals surface area contributed by atoms with Gasteiger partial charge in [0.05, 0.1) is 17.9 Å². The first kappa shape index (κ1) is 29.5. The molecule has 1 aromatic carbocycles. The summed E-state index contributed by atoms with van der Waals surface area (Å²) >= 11 is 0. The maximum absolute atomic E-state index is 13.0. The largest absolute Gasteiger partial charge is 0.490 e. The van der Waals surface area contributed by atoms with Crippen LogP contribution in [0.1, 0.15) is 18.4 Å². The van der Waals surface area contributed by atoms with E-state index in [0.717, 1.165) is 30.8 Å². The molecule has 2 saturated heterocycles. The molecule has 2 fully saturated rings. The molecular formula is C22H20F7N3O5. The van der Waals surface area contributed by atoms with E-state index in [1.165, 1.54) is 12.1 Å². The number of amides is 1. The van der Waals surface area contributed by atoms with Gasteiger partial charge in [0.1, 0.15) is 5.82 Å². The van der Waals surface area contributed by atoms with E-state index in [2.05, 4.69) is 9.88 Å². The zero-order valence-electron chi connectivity index (χ0n) is 18.7. The van der Waals surface area contributed by atoms with Crippen molar-refractivity contribution in [3.05, 3.63) is 60.2 Å². The van der Waals surface area contributed by atoms with Gasteiger partial charge in [-0.25, -0.2) is 14.0 Å². The van der Waals surface area contributed by atoms with Crippen LogP contribution in [0.2, 0.25) is 0 Å². The lowest BCUT2D eigenvalue weighted by Crippen LogP contribution is -2.37. The lowest BCUT2D eigenvalue weighted by atomic mass is 10.1. The highest BCUT2D eigenvalue weighted by Gasteiger charge is 2.47. The van der Waals surface area contributed by atoms with Gasteiger partial charge in [0.25, 0.3) is 0 Å². The van der Waals surface area contributed by atoms with Gasteiger partial charge >= 0.3 is 24.3 Å². The van der Waals surface area contributed by atoms with E-state index < -0.39 is 24.3 Å². The van der Waals surface area contributed by atoms with E-state index in [9.17, 15) is 35.5 Å². The average Bonchev–Trinajstić information content (AvgIpc) is 3.33. The normalized spacial score (nSPS) is 19.3. The number of aliphatic carboxylic acids is 2. The number of hydrogen-bond acceptors (Lipinski definition) is 5. The van der Waals surface area contributed by atoms with Gasteiger partial charge in [0, 0.05) is 31.7 Å². The van der Waals surface area contributed by atoms with Gasteiger partial charge < -0.3 is 15.1 Å². The van der Waals surface area contributed by atoms with E-state index >= 15 is 0 Å². The zero-order valence-corrected chi connectivity index (χ0v) is 18.7. The van der Waals surface area contributed by atoms with Crippen LogP contribution >= 0.6 is 0 Å².